The number of amides is 1. The Balaban J connectivity index is 2.32. The maximum absolute atomic E-state index is 11.7. The van der Waals surface area contributed by atoms with Crippen LogP contribution in [-0.2, 0) is 33.6 Å². The Labute approximate surface area is 145 Å². The van der Waals surface area contributed by atoms with Gasteiger partial charge in [-0.25, -0.2) is 9.59 Å². The third-order valence-electron chi connectivity index (χ3n) is 3.84. The van der Waals surface area contributed by atoms with E-state index in [2.05, 4.69) is 15.1 Å². The summed E-state index contributed by atoms with van der Waals surface area (Å²) < 4.78 is 9.95. The van der Waals surface area contributed by atoms with Crippen molar-refractivity contribution in [3.05, 3.63) is 0 Å². The minimum absolute atomic E-state index is 0.645. The van der Waals surface area contributed by atoms with Crippen molar-refractivity contribution in [3.8, 4) is 0 Å². The van der Waals surface area contributed by atoms with E-state index in [9.17, 15) is 34.8 Å². The van der Waals surface area contributed by atoms with Gasteiger partial charge in [0.05, 0.1) is 25.2 Å². The van der Waals surface area contributed by atoms with E-state index >= 15 is 0 Å². The molecule has 0 bridgehead atoms. The van der Waals surface area contributed by atoms with E-state index in [1.807, 2.05) is 0 Å². The van der Waals surface area contributed by atoms with Crippen LogP contribution in [0.4, 0.5) is 0 Å². The van der Waals surface area contributed by atoms with Crippen LogP contribution in [0.15, 0.2) is 0 Å². The average Bonchev–Trinajstić information content (AvgIpc) is 3.40. The van der Waals surface area contributed by atoms with Crippen LogP contribution in [-0.4, -0.2) is 92.5 Å². The van der Waals surface area contributed by atoms with Crippen LogP contribution in [0.2, 0.25) is 0 Å². The number of hydrogen-bond donors (Lipinski definition) is 6. The second-order valence-corrected chi connectivity index (χ2v) is 5.82. The first-order valence-corrected chi connectivity index (χ1v) is 7.49. The lowest BCUT2D eigenvalue weighted by Gasteiger charge is -2.45. The summed E-state index contributed by atoms with van der Waals surface area (Å²) in [6.07, 6.45) is -9.37. The van der Waals surface area contributed by atoms with E-state index in [1.165, 1.54) is 0 Å². The second-order valence-electron chi connectivity index (χ2n) is 5.82. The van der Waals surface area contributed by atoms with E-state index in [0.717, 1.165) is 6.92 Å². The van der Waals surface area contributed by atoms with E-state index in [-0.39, 0.29) is 0 Å². The summed E-state index contributed by atoms with van der Waals surface area (Å²) in [5, 5.41) is 50.7. The number of carboxylic acid groups (broad SMARTS) is 1. The third kappa shape index (κ3) is 4.27. The smallest absolute Gasteiger partial charge is 0.377 e. The molecule has 148 valence electrons. The zero-order chi connectivity index (χ0) is 19.6. The fourth-order valence-electron chi connectivity index (χ4n) is 2.55. The van der Waals surface area contributed by atoms with Gasteiger partial charge in [0.2, 0.25) is 5.91 Å². The van der Waals surface area contributed by atoms with Crippen LogP contribution >= 0.6 is 0 Å². The first-order chi connectivity index (χ1) is 12.1. The van der Waals surface area contributed by atoms with E-state index in [1.54, 1.807) is 0 Å². The van der Waals surface area contributed by atoms with Gasteiger partial charge in [-0.3, -0.25) is 4.79 Å². The number of hydrogen-bond acceptors (Lipinski definition) is 11. The number of aliphatic carboxylic acids is 1. The van der Waals surface area contributed by atoms with Crippen molar-refractivity contribution in [2.24, 2.45) is 0 Å². The lowest BCUT2D eigenvalue weighted by molar-refractivity contribution is -0.301. The molecule has 13 nitrogen and oxygen atoms in total. The quantitative estimate of drug-likeness (QED) is 0.141. The van der Waals surface area contributed by atoms with Gasteiger partial charge in [-0.05, 0) is 0 Å². The van der Waals surface area contributed by atoms with Crippen LogP contribution in [0.25, 0.3) is 0 Å². The lowest BCUT2D eigenvalue weighted by atomic mass is 9.88. The van der Waals surface area contributed by atoms with E-state index in [4.69, 9.17) is 14.6 Å². The van der Waals surface area contributed by atoms with Crippen LogP contribution in [0.1, 0.15) is 13.3 Å². The topological polar surface area (TPSA) is 208 Å². The number of carbonyl (C=O) groups is 3. The summed E-state index contributed by atoms with van der Waals surface area (Å²) in [5.41, 5.74) is 0. The molecule has 26 heavy (non-hydrogen) atoms. The minimum atomic E-state index is -2.75. The molecular weight excluding hydrogens is 362 g/mol. The predicted molar refractivity (Wildman–Crippen MR) is 74.6 cm³/mol. The van der Waals surface area contributed by atoms with Crippen LogP contribution in [0, 0.1) is 0 Å². The number of aliphatic hydroxyl groups excluding tert-OH is 4. The van der Waals surface area contributed by atoms with Crippen molar-refractivity contribution >= 4 is 17.8 Å². The Morgan fingerprint density at radius 3 is 2.38 bits per heavy atom. The molecule has 2 saturated heterocycles. The highest BCUT2D eigenvalue weighted by Crippen LogP contribution is 2.34. The normalized spacial score (nSPS) is 33.8. The first kappa shape index (κ1) is 20.4. The number of ether oxygens (including phenoxy) is 2. The van der Waals surface area contributed by atoms with Gasteiger partial charge >= 0.3 is 24.0 Å². The molecule has 6 atom stereocenters. The maximum Gasteiger partial charge on any atom is 0.377 e. The third-order valence-corrected chi connectivity index (χ3v) is 3.84. The monoisotopic (exact) mass is 381 g/mol. The van der Waals surface area contributed by atoms with Crippen molar-refractivity contribution in [2.45, 2.75) is 55.9 Å². The highest BCUT2D eigenvalue weighted by atomic mass is 17.4. The molecule has 6 N–H and O–H groups in total. The molecule has 2 heterocycles. The molecule has 0 aliphatic carbocycles. The summed E-state index contributed by atoms with van der Waals surface area (Å²) >= 11 is 0. The van der Waals surface area contributed by atoms with E-state index in [0.29, 0.717) is 0 Å². The van der Waals surface area contributed by atoms with Crippen LogP contribution in [0.3, 0.4) is 0 Å². The van der Waals surface area contributed by atoms with Crippen molar-refractivity contribution in [1.82, 2.24) is 5.32 Å². The number of rotatable bonds is 7. The van der Waals surface area contributed by atoms with Crippen molar-refractivity contribution in [2.75, 3.05) is 6.61 Å². The SMILES string of the molecule is CC(=O)N[C@H]1[C@H]([C@H](O)[C@H](O)CO)O[C@](OC(=O)C2OO2)(C(=O)O)C[C@@H]1O. The van der Waals surface area contributed by atoms with Crippen molar-refractivity contribution in [1.29, 1.82) is 0 Å². The molecule has 2 aliphatic heterocycles. The molecule has 0 aromatic heterocycles. The number of esters is 1. The molecule has 0 unspecified atom stereocenters. The summed E-state index contributed by atoms with van der Waals surface area (Å²) in [5.74, 6) is -6.47. The molecule has 2 fully saturated rings. The van der Waals surface area contributed by atoms with Crippen molar-refractivity contribution in [3.63, 3.8) is 0 Å². The number of nitrogens with one attached hydrogen (secondary N) is 1. The van der Waals surface area contributed by atoms with Crippen LogP contribution < -0.4 is 5.32 Å². The summed E-state index contributed by atoms with van der Waals surface area (Å²) in [7, 11) is 0. The summed E-state index contributed by atoms with van der Waals surface area (Å²) in [4.78, 5) is 43.1. The zero-order valence-electron chi connectivity index (χ0n) is 13.5. The molecule has 1 amide bonds. The van der Waals surface area contributed by atoms with Gasteiger partial charge in [0.25, 0.3) is 0 Å². The minimum Gasteiger partial charge on any atom is -0.476 e. The molecule has 0 radical (unpaired) electrons. The molecule has 2 rings (SSSR count). The van der Waals surface area contributed by atoms with Crippen LogP contribution in [0.5, 0.6) is 0 Å². The molecule has 13 heteroatoms. The number of carbonyl (C=O) groups excluding carboxylic acids is 2. The molecular formula is C13H19NO12. The summed E-state index contributed by atoms with van der Waals surface area (Å²) in [6, 6.07) is -1.36. The lowest BCUT2D eigenvalue weighted by Crippen LogP contribution is -2.68. The number of carboxylic acids is 1. The van der Waals surface area contributed by atoms with E-state index < -0.39 is 73.4 Å². The standard InChI is InChI=1S/C13H19NO12/c1-4(16)14-7-5(17)2-13(12(21)22,24-10(20)11-25-26-11)23-9(7)8(19)6(18)3-15/h5-9,11,15,17-19H,2-3H2,1H3,(H,14,16)(H,21,22)/t5-,6+,7+,8+,9+,13+/m0/s1. The Morgan fingerprint density at radius 2 is 1.92 bits per heavy atom. The van der Waals surface area contributed by atoms with Crippen molar-refractivity contribution < 1.29 is 59.2 Å². The fraction of sp³-hybridized carbons (Fsp3) is 0.769. The van der Waals surface area contributed by atoms with Gasteiger partial charge in [-0.1, -0.05) is 0 Å². The molecule has 0 spiro atoms. The fourth-order valence-corrected chi connectivity index (χ4v) is 2.55. The van der Waals surface area contributed by atoms with Gasteiger partial charge in [-0.15, -0.1) is 0 Å². The van der Waals surface area contributed by atoms with Gasteiger partial charge in [0.15, 0.2) is 0 Å². The second kappa shape index (κ2) is 7.79. The first-order valence-electron chi connectivity index (χ1n) is 7.49. The van der Waals surface area contributed by atoms with Gasteiger partial charge in [0.1, 0.15) is 18.3 Å². The average molecular weight is 381 g/mol. The summed E-state index contributed by atoms with van der Waals surface area (Å²) in [6.45, 7) is 0.174. The Morgan fingerprint density at radius 1 is 1.31 bits per heavy atom. The largest absolute Gasteiger partial charge is 0.476 e. The molecule has 0 aromatic rings. The molecule has 0 saturated carbocycles. The zero-order valence-corrected chi connectivity index (χ0v) is 13.5. The van der Waals surface area contributed by atoms with Gasteiger partial charge in [-0.2, -0.15) is 9.78 Å². The van der Waals surface area contributed by atoms with Gasteiger partial charge < -0.3 is 40.3 Å². The highest BCUT2D eigenvalue weighted by molar-refractivity contribution is 5.82. The molecule has 2 aliphatic rings. The highest BCUT2D eigenvalue weighted by Gasteiger charge is 2.58. The Hall–Kier alpha value is -1.87. The molecule has 0 aromatic carbocycles. The Kier molecular flexibility index (Phi) is 6.13. The van der Waals surface area contributed by atoms with Gasteiger partial charge in [0, 0.05) is 6.92 Å². The predicted octanol–water partition coefficient (Wildman–Crippen LogP) is -4.03. The number of aliphatic hydroxyl groups is 4. The maximum atomic E-state index is 11.7. The Bertz CT molecular complexity index is 565.